The molecule has 5 N–H and O–H groups in total. The highest BCUT2D eigenvalue weighted by Crippen LogP contribution is 2.39. The minimum atomic E-state index is -0.813. The van der Waals surface area contributed by atoms with Crippen molar-refractivity contribution in [1.29, 1.82) is 0 Å². The fourth-order valence-corrected chi connectivity index (χ4v) is 4.31. The van der Waals surface area contributed by atoms with E-state index in [1.54, 1.807) is 6.07 Å². The van der Waals surface area contributed by atoms with Gasteiger partial charge < -0.3 is 30.7 Å². The number of amides is 1. The van der Waals surface area contributed by atoms with Gasteiger partial charge in [0.25, 0.3) is 5.91 Å². The van der Waals surface area contributed by atoms with Crippen LogP contribution in [-0.4, -0.2) is 65.8 Å². The summed E-state index contributed by atoms with van der Waals surface area (Å²) in [6.07, 6.45) is -1.60. The fraction of sp³-hybridized carbons (Fsp3) is 0.435. The van der Waals surface area contributed by atoms with Crippen LogP contribution in [-0.2, 0) is 0 Å². The Balaban J connectivity index is 1.68. The van der Waals surface area contributed by atoms with Crippen LogP contribution in [0.2, 0.25) is 0 Å². The number of β-amino-alcohol motifs (C(OH)–C–C–N with tert-alkyl or cyclic N) is 1. The number of hydrogen-bond acceptors (Lipinski definition) is 6. The molecule has 1 aliphatic heterocycles. The highest BCUT2D eigenvalue weighted by molar-refractivity contribution is 5.97. The summed E-state index contributed by atoms with van der Waals surface area (Å²) in [5.74, 6) is 0.129. The lowest BCUT2D eigenvalue weighted by molar-refractivity contribution is 0.0438. The first kappa shape index (κ1) is 20.8. The lowest BCUT2D eigenvalue weighted by atomic mass is 9.86. The van der Waals surface area contributed by atoms with E-state index in [-0.39, 0.29) is 19.1 Å². The Labute approximate surface area is 175 Å². The third kappa shape index (κ3) is 4.49. The standard InChI is InChI=1S/C23H28N2O5/c26-17-11-24-13-23(9-19(27)20(28)10-23)14-30-21-8-16(15-4-2-1-3-5-15)6-7-18(21)22(29)25-12-17/h1-8,17,19-20,24,26-28H,9-14H2,(H,25,29)/t17-,19-,20+,23?/m1/s1. The molecule has 0 aromatic heterocycles. The molecule has 7 heteroatoms. The van der Waals surface area contributed by atoms with Crippen LogP contribution in [0, 0.1) is 5.41 Å². The second-order valence-corrected chi connectivity index (χ2v) is 8.40. The second kappa shape index (κ2) is 8.73. The number of aliphatic hydroxyl groups excluding tert-OH is 3. The number of nitrogens with one attached hydrogen (secondary N) is 2. The number of rotatable bonds is 1. The molecule has 2 aromatic rings. The van der Waals surface area contributed by atoms with E-state index in [1.807, 2.05) is 42.5 Å². The Morgan fingerprint density at radius 3 is 2.40 bits per heavy atom. The van der Waals surface area contributed by atoms with E-state index in [9.17, 15) is 20.1 Å². The summed E-state index contributed by atoms with van der Waals surface area (Å²) in [4.78, 5) is 12.7. The van der Waals surface area contributed by atoms with Crippen molar-refractivity contribution in [2.45, 2.75) is 31.2 Å². The molecule has 1 amide bonds. The van der Waals surface area contributed by atoms with Gasteiger partial charge in [-0.2, -0.15) is 0 Å². The lowest BCUT2D eigenvalue weighted by Gasteiger charge is -2.31. The van der Waals surface area contributed by atoms with Gasteiger partial charge >= 0.3 is 0 Å². The fourth-order valence-electron chi connectivity index (χ4n) is 4.31. The summed E-state index contributed by atoms with van der Waals surface area (Å²) in [5, 5.41) is 36.4. The summed E-state index contributed by atoms with van der Waals surface area (Å²) in [5.41, 5.74) is 1.83. The van der Waals surface area contributed by atoms with Gasteiger partial charge in [0, 0.05) is 25.0 Å². The number of ether oxygens (including phenoxy) is 1. The van der Waals surface area contributed by atoms with Crippen LogP contribution in [0.1, 0.15) is 23.2 Å². The molecule has 0 bridgehead atoms. The predicted octanol–water partition coefficient (Wildman–Crippen LogP) is 0.928. The number of aliphatic hydroxyl groups is 3. The van der Waals surface area contributed by atoms with Gasteiger partial charge in [-0.25, -0.2) is 0 Å². The van der Waals surface area contributed by atoms with Crippen molar-refractivity contribution in [3.05, 3.63) is 54.1 Å². The quantitative estimate of drug-likeness (QED) is 0.477. The molecule has 7 nitrogen and oxygen atoms in total. The number of fused-ring (bicyclic) bond motifs is 1. The zero-order valence-electron chi connectivity index (χ0n) is 16.8. The Morgan fingerprint density at radius 2 is 1.67 bits per heavy atom. The Morgan fingerprint density at radius 1 is 0.933 bits per heavy atom. The van der Waals surface area contributed by atoms with Crippen LogP contribution in [0.15, 0.2) is 48.5 Å². The summed E-state index contributed by atoms with van der Waals surface area (Å²) in [6.45, 7) is 1.14. The molecule has 4 atom stereocenters. The molecule has 0 saturated heterocycles. The number of carbonyl (C=O) groups excluding carboxylic acids is 1. The molecule has 1 aliphatic carbocycles. The van der Waals surface area contributed by atoms with E-state index in [0.717, 1.165) is 11.1 Å². The van der Waals surface area contributed by atoms with E-state index >= 15 is 0 Å². The number of hydrogen-bond donors (Lipinski definition) is 5. The SMILES string of the molecule is O=C1NC[C@H](O)CNCC2(COc3cc(-c4ccccc4)ccc31)C[C@@H](O)[C@@H](O)C2. The van der Waals surface area contributed by atoms with E-state index in [0.29, 0.717) is 37.2 Å². The maximum absolute atomic E-state index is 12.7. The molecule has 1 spiro atoms. The molecule has 30 heavy (non-hydrogen) atoms. The van der Waals surface area contributed by atoms with Gasteiger partial charge in [0.2, 0.25) is 0 Å². The van der Waals surface area contributed by atoms with Gasteiger partial charge in [-0.15, -0.1) is 0 Å². The molecule has 0 radical (unpaired) electrons. The van der Waals surface area contributed by atoms with Crippen molar-refractivity contribution in [3.8, 4) is 16.9 Å². The van der Waals surface area contributed by atoms with Crippen molar-refractivity contribution >= 4 is 5.91 Å². The summed E-state index contributed by atoms with van der Waals surface area (Å²) < 4.78 is 6.17. The highest BCUT2D eigenvalue weighted by atomic mass is 16.5. The highest BCUT2D eigenvalue weighted by Gasteiger charge is 2.45. The third-order valence-corrected chi connectivity index (χ3v) is 5.97. The van der Waals surface area contributed by atoms with E-state index < -0.39 is 23.7 Å². The van der Waals surface area contributed by atoms with Crippen molar-refractivity contribution in [3.63, 3.8) is 0 Å². The molecule has 1 saturated carbocycles. The molecule has 160 valence electrons. The molecule has 2 aliphatic rings. The normalized spacial score (nSPS) is 30.0. The van der Waals surface area contributed by atoms with Crippen LogP contribution in [0.4, 0.5) is 0 Å². The van der Waals surface area contributed by atoms with E-state index in [4.69, 9.17) is 4.74 Å². The van der Waals surface area contributed by atoms with E-state index in [1.165, 1.54) is 0 Å². The first-order valence-corrected chi connectivity index (χ1v) is 10.3. The molecule has 2 aromatic carbocycles. The van der Waals surface area contributed by atoms with Gasteiger partial charge in [0.15, 0.2) is 0 Å². The Kier molecular flexibility index (Phi) is 6.06. The van der Waals surface area contributed by atoms with Gasteiger partial charge in [-0.05, 0) is 36.1 Å². The van der Waals surface area contributed by atoms with Crippen molar-refractivity contribution in [1.82, 2.24) is 10.6 Å². The molecule has 4 rings (SSSR count). The molecule has 1 heterocycles. The summed E-state index contributed by atoms with van der Waals surface area (Å²) in [7, 11) is 0. The smallest absolute Gasteiger partial charge is 0.255 e. The number of carbonyl (C=O) groups is 1. The van der Waals surface area contributed by atoms with Crippen molar-refractivity contribution < 1.29 is 24.9 Å². The molecular weight excluding hydrogens is 384 g/mol. The topological polar surface area (TPSA) is 111 Å². The van der Waals surface area contributed by atoms with Gasteiger partial charge in [-0.1, -0.05) is 36.4 Å². The molecule has 1 unspecified atom stereocenters. The summed E-state index contributed by atoms with van der Waals surface area (Å²) in [6, 6.07) is 15.3. The lowest BCUT2D eigenvalue weighted by Crippen LogP contribution is -2.44. The first-order valence-electron chi connectivity index (χ1n) is 10.3. The summed E-state index contributed by atoms with van der Waals surface area (Å²) >= 11 is 0. The van der Waals surface area contributed by atoms with Gasteiger partial charge in [0.1, 0.15) is 5.75 Å². The minimum absolute atomic E-state index is 0.115. The largest absolute Gasteiger partial charge is 0.492 e. The van der Waals surface area contributed by atoms with Crippen molar-refractivity contribution in [2.24, 2.45) is 5.41 Å². The predicted molar refractivity (Wildman–Crippen MR) is 112 cm³/mol. The minimum Gasteiger partial charge on any atom is -0.492 e. The van der Waals surface area contributed by atoms with Crippen LogP contribution < -0.4 is 15.4 Å². The monoisotopic (exact) mass is 412 g/mol. The number of benzene rings is 2. The second-order valence-electron chi connectivity index (χ2n) is 8.40. The Bertz CT molecular complexity index is 878. The van der Waals surface area contributed by atoms with Crippen molar-refractivity contribution in [2.75, 3.05) is 26.2 Å². The third-order valence-electron chi connectivity index (χ3n) is 5.97. The van der Waals surface area contributed by atoms with Gasteiger partial charge in [-0.3, -0.25) is 4.79 Å². The van der Waals surface area contributed by atoms with E-state index in [2.05, 4.69) is 10.6 Å². The molecule has 1 fully saturated rings. The maximum atomic E-state index is 12.7. The van der Waals surface area contributed by atoms with Crippen LogP contribution >= 0.6 is 0 Å². The zero-order chi connectivity index (χ0) is 21.1. The molecular formula is C23H28N2O5. The van der Waals surface area contributed by atoms with Crippen LogP contribution in [0.25, 0.3) is 11.1 Å². The zero-order valence-corrected chi connectivity index (χ0v) is 16.8. The van der Waals surface area contributed by atoms with Crippen LogP contribution in [0.3, 0.4) is 0 Å². The van der Waals surface area contributed by atoms with Gasteiger partial charge in [0.05, 0.1) is 30.5 Å². The first-order chi connectivity index (χ1) is 14.5. The maximum Gasteiger partial charge on any atom is 0.255 e. The van der Waals surface area contributed by atoms with Crippen LogP contribution in [0.5, 0.6) is 5.75 Å². The Hall–Kier alpha value is -2.45. The average molecular weight is 412 g/mol. The average Bonchev–Trinajstić information content (AvgIpc) is 3.04.